The van der Waals surface area contributed by atoms with Crippen LogP contribution in [0.1, 0.15) is 61.2 Å². The van der Waals surface area contributed by atoms with E-state index in [1.165, 1.54) is 11.1 Å². The Balaban J connectivity index is 2.28. The third-order valence-corrected chi connectivity index (χ3v) is 6.14. The average Bonchev–Trinajstić information content (AvgIpc) is 2.58. The van der Waals surface area contributed by atoms with Crippen molar-refractivity contribution in [3.63, 3.8) is 0 Å². The van der Waals surface area contributed by atoms with Crippen LogP contribution < -0.4 is 0 Å². The van der Waals surface area contributed by atoms with E-state index in [9.17, 15) is 4.55 Å². The molecule has 1 nitrogen and oxygen atoms in total. The standard InChI is InChI=1S/C20H26OS/c1-3-11-19(17-13-7-5-8-14-17)22(21)20(12-4-2)18-15-9-6-10-16-18/h5-10,13-16,19-20H,3-4,11-12H2,1-2H3. The molecule has 22 heavy (non-hydrogen) atoms. The highest BCUT2D eigenvalue weighted by atomic mass is 32.2. The molecular formula is C20H26OS. The number of benzene rings is 2. The highest BCUT2D eigenvalue weighted by Crippen LogP contribution is 2.39. The fourth-order valence-corrected chi connectivity index (χ4v) is 5.08. The van der Waals surface area contributed by atoms with Gasteiger partial charge in [-0.05, 0) is 24.0 Å². The van der Waals surface area contributed by atoms with Gasteiger partial charge in [-0.2, -0.15) is 0 Å². The fourth-order valence-electron chi connectivity index (χ4n) is 2.89. The van der Waals surface area contributed by atoms with Crippen LogP contribution in [0.2, 0.25) is 0 Å². The number of rotatable bonds is 8. The summed E-state index contributed by atoms with van der Waals surface area (Å²) in [5, 5.41) is 0.255. The van der Waals surface area contributed by atoms with Gasteiger partial charge in [0.25, 0.3) is 0 Å². The molecule has 0 saturated carbocycles. The lowest BCUT2D eigenvalue weighted by molar-refractivity contribution is 0.550. The number of hydrogen-bond donors (Lipinski definition) is 0. The van der Waals surface area contributed by atoms with Gasteiger partial charge < -0.3 is 4.55 Å². The molecule has 0 spiro atoms. The van der Waals surface area contributed by atoms with Crippen LogP contribution in [0.15, 0.2) is 60.7 Å². The first-order valence-corrected chi connectivity index (χ1v) is 9.54. The van der Waals surface area contributed by atoms with Gasteiger partial charge in [-0.3, -0.25) is 0 Å². The minimum atomic E-state index is -0.897. The third kappa shape index (κ3) is 4.37. The predicted octanol–water partition coefficient (Wildman–Crippen LogP) is 5.82. The van der Waals surface area contributed by atoms with Crippen molar-refractivity contribution in [3.05, 3.63) is 71.8 Å². The van der Waals surface area contributed by atoms with Gasteiger partial charge in [0.1, 0.15) is 10.5 Å². The van der Waals surface area contributed by atoms with Crippen molar-refractivity contribution < 1.29 is 4.55 Å². The second-order valence-electron chi connectivity index (χ2n) is 5.70. The van der Waals surface area contributed by atoms with Gasteiger partial charge in [-0.15, -0.1) is 0 Å². The largest absolute Gasteiger partial charge is 0.615 e. The topological polar surface area (TPSA) is 23.1 Å². The summed E-state index contributed by atoms with van der Waals surface area (Å²) >= 11 is -0.897. The molecule has 0 N–H and O–H groups in total. The molecule has 0 radical (unpaired) electrons. The zero-order chi connectivity index (χ0) is 15.8. The van der Waals surface area contributed by atoms with Gasteiger partial charge in [-0.25, -0.2) is 0 Å². The van der Waals surface area contributed by atoms with Crippen LogP contribution in [-0.4, -0.2) is 4.55 Å². The maximum absolute atomic E-state index is 13.3. The van der Waals surface area contributed by atoms with Crippen molar-refractivity contribution >= 4 is 11.2 Å². The maximum atomic E-state index is 13.3. The summed E-state index contributed by atoms with van der Waals surface area (Å²) < 4.78 is 13.3. The highest BCUT2D eigenvalue weighted by molar-refractivity contribution is 7.91. The van der Waals surface area contributed by atoms with Crippen molar-refractivity contribution in [2.45, 2.75) is 50.0 Å². The van der Waals surface area contributed by atoms with Gasteiger partial charge in [0.05, 0.1) is 0 Å². The van der Waals surface area contributed by atoms with Crippen molar-refractivity contribution in [2.75, 3.05) is 0 Å². The van der Waals surface area contributed by atoms with Crippen molar-refractivity contribution in [2.24, 2.45) is 0 Å². The molecule has 2 aromatic carbocycles. The summed E-state index contributed by atoms with van der Waals surface area (Å²) in [4.78, 5) is 0. The molecule has 0 aliphatic heterocycles. The van der Waals surface area contributed by atoms with E-state index in [2.05, 4.69) is 38.1 Å². The molecule has 2 rings (SSSR count). The summed E-state index contributed by atoms with van der Waals surface area (Å²) in [5.74, 6) is 0. The second-order valence-corrected chi connectivity index (χ2v) is 7.50. The summed E-state index contributed by atoms with van der Waals surface area (Å²) in [7, 11) is 0. The van der Waals surface area contributed by atoms with Gasteiger partial charge in [0.15, 0.2) is 0 Å². The Bertz CT molecular complexity index is 476. The lowest BCUT2D eigenvalue weighted by atomic mass is 10.1. The molecule has 0 heterocycles. The Labute approximate surface area is 138 Å². The third-order valence-electron chi connectivity index (χ3n) is 4.01. The first-order valence-electron chi connectivity index (χ1n) is 8.27. The molecule has 0 amide bonds. The van der Waals surface area contributed by atoms with Crippen LogP contribution in [0.25, 0.3) is 0 Å². The zero-order valence-electron chi connectivity index (χ0n) is 13.6. The van der Waals surface area contributed by atoms with Crippen LogP contribution in [0.5, 0.6) is 0 Å². The molecule has 2 aromatic rings. The van der Waals surface area contributed by atoms with E-state index in [1.54, 1.807) is 0 Å². The first kappa shape index (κ1) is 17.1. The lowest BCUT2D eigenvalue weighted by Gasteiger charge is -2.29. The van der Waals surface area contributed by atoms with Gasteiger partial charge in [-0.1, -0.05) is 87.4 Å². The molecule has 0 aliphatic rings. The Morgan fingerprint density at radius 1 is 0.727 bits per heavy atom. The summed E-state index contributed by atoms with van der Waals surface area (Å²) in [5.41, 5.74) is 2.42. The Morgan fingerprint density at radius 2 is 1.09 bits per heavy atom. The van der Waals surface area contributed by atoms with E-state index in [4.69, 9.17) is 0 Å². The molecule has 118 valence electrons. The quantitative estimate of drug-likeness (QED) is 0.563. The van der Waals surface area contributed by atoms with Crippen molar-refractivity contribution in [1.29, 1.82) is 0 Å². The summed E-state index contributed by atoms with van der Waals surface area (Å²) in [6.07, 6.45) is 4.06. The van der Waals surface area contributed by atoms with Crippen LogP contribution in [0, 0.1) is 0 Å². The van der Waals surface area contributed by atoms with Crippen LogP contribution in [0.4, 0.5) is 0 Å². The Kier molecular flexibility index (Phi) is 7.01. The monoisotopic (exact) mass is 314 g/mol. The zero-order valence-corrected chi connectivity index (χ0v) is 14.4. The van der Waals surface area contributed by atoms with E-state index in [0.29, 0.717) is 0 Å². The fraction of sp³-hybridized carbons (Fsp3) is 0.400. The Hall–Kier alpha value is -1.25. The van der Waals surface area contributed by atoms with E-state index >= 15 is 0 Å². The van der Waals surface area contributed by atoms with Crippen LogP contribution in [-0.2, 0) is 11.2 Å². The summed E-state index contributed by atoms with van der Waals surface area (Å²) in [6, 6.07) is 20.7. The second kappa shape index (κ2) is 9.02. The SMILES string of the molecule is CCCC(c1ccccc1)[S+]([O-])C(CCC)c1ccccc1. The van der Waals surface area contributed by atoms with Crippen LogP contribution in [0.3, 0.4) is 0 Å². The van der Waals surface area contributed by atoms with E-state index in [0.717, 1.165) is 25.7 Å². The lowest BCUT2D eigenvalue weighted by Crippen LogP contribution is -2.21. The maximum Gasteiger partial charge on any atom is 0.141 e. The van der Waals surface area contributed by atoms with Crippen molar-refractivity contribution in [1.82, 2.24) is 0 Å². The van der Waals surface area contributed by atoms with E-state index in [-0.39, 0.29) is 10.5 Å². The van der Waals surface area contributed by atoms with E-state index < -0.39 is 11.2 Å². The van der Waals surface area contributed by atoms with Gasteiger partial charge >= 0.3 is 0 Å². The van der Waals surface area contributed by atoms with Crippen molar-refractivity contribution in [3.8, 4) is 0 Å². The summed E-state index contributed by atoms with van der Waals surface area (Å²) in [6.45, 7) is 4.34. The van der Waals surface area contributed by atoms with E-state index in [1.807, 2.05) is 36.4 Å². The minimum absolute atomic E-state index is 0.128. The molecule has 0 saturated heterocycles. The Morgan fingerprint density at radius 3 is 1.41 bits per heavy atom. The molecule has 0 aromatic heterocycles. The molecular weight excluding hydrogens is 288 g/mol. The molecule has 0 fully saturated rings. The van der Waals surface area contributed by atoms with Crippen LogP contribution >= 0.6 is 0 Å². The molecule has 0 bridgehead atoms. The minimum Gasteiger partial charge on any atom is -0.615 e. The normalized spacial score (nSPS) is 15.2. The molecule has 2 heteroatoms. The predicted molar refractivity (Wildman–Crippen MR) is 96.3 cm³/mol. The van der Waals surface area contributed by atoms with Gasteiger partial charge in [0, 0.05) is 11.1 Å². The highest BCUT2D eigenvalue weighted by Gasteiger charge is 2.32. The molecule has 0 aliphatic carbocycles. The first-order chi connectivity index (χ1) is 10.8. The molecule has 2 atom stereocenters. The smallest absolute Gasteiger partial charge is 0.141 e. The van der Waals surface area contributed by atoms with Gasteiger partial charge in [0.2, 0.25) is 0 Å². The molecule has 2 unspecified atom stereocenters. The number of hydrogen-bond acceptors (Lipinski definition) is 1. The average molecular weight is 314 g/mol.